The second-order valence-corrected chi connectivity index (χ2v) is 1.67. The van der Waals surface area contributed by atoms with Crippen LogP contribution >= 0.6 is 0 Å². The average Bonchev–Trinajstić information content (AvgIpc) is 1.62. The molecule has 0 aromatic carbocycles. The summed E-state index contributed by atoms with van der Waals surface area (Å²) >= 11 is 0. The Labute approximate surface area is 47.6 Å². The monoisotopic (exact) mass is 116 g/mol. The molecule has 3 heteroatoms. The maximum Gasteiger partial charge on any atom is 0.335 e. The average molecular weight is 116 g/mol. The van der Waals surface area contributed by atoms with Crippen LogP contribution in [0.15, 0.2) is 0 Å². The molecule has 1 atom stereocenters. The molecular formula is C5H8O3. The Balaban J connectivity index is 2.24. The molecule has 0 N–H and O–H groups in total. The predicted octanol–water partition coefficient (Wildman–Crippen LogP) is -0.0517. The van der Waals surface area contributed by atoms with Gasteiger partial charge in [0.25, 0.3) is 0 Å². The van der Waals surface area contributed by atoms with E-state index in [1.54, 1.807) is 0 Å². The number of carbonyl (C=O) groups is 1. The lowest BCUT2D eigenvalue weighted by Crippen LogP contribution is -2.35. The molecule has 0 radical (unpaired) electrons. The van der Waals surface area contributed by atoms with E-state index in [2.05, 4.69) is 4.74 Å². The molecule has 1 fully saturated rings. The van der Waals surface area contributed by atoms with E-state index in [1.807, 2.05) is 0 Å². The van der Waals surface area contributed by atoms with Gasteiger partial charge in [0.1, 0.15) is 0 Å². The topological polar surface area (TPSA) is 35.5 Å². The van der Waals surface area contributed by atoms with E-state index in [1.165, 1.54) is 7.11 Å². The van der Waals surface area contributed by atoms with E-state index < -0.39 is 0 Å². The van der Waals surface area contributed by atoms with Crippen LogP contribution in [0.4, 0.5) is 0 Å². The second-order valence-electron chi connectivity index (χ2n) is 1.67. The SMILES string of the molecule is COC(=O)[C@H]1CCO1. The molecular weight excluding hydrogens is 108 g/mol. The summed E-state index contributed by atoms with van der Waals surface area (Å²) < 4.78 is 9.20. The Morgan fingerprint density at radius 1 is 1.88 bits per heavy atom. The second kappa shape index (κ2) is 2.13. The van der Waals surface area contributed by atoms with Crippen molar-refractivity contribution in [2.24, 2.45) is 0 Å². The lowest BCUT2D eigenvalue weighted by atomic mass is 10.2. The lowest BCUT2D eigenvalue weighted by molar-refractivity contribution is -0.166. The lowest BCUT2D eigenvalue weighted by Gasteiger charge is -2.22. The minimum atomic E-state index is -0.264. The molecule has 1 aliphatic rings. The van der Waals surface area contributed by atoms with Crippen LogP contribution in [0.2, 0.25) is 0 Å². The number of carbonyl (C=O) groups excluding carboxylic acids is 1. The summed E-state index contributed by atoms with van der Waals surface area (Å²) in [5.74, 6) is -0.253. The van der Waals surface area contributed by atoms with E-state index in [0.29, 0.717) is 6.61 Å². The van der Waals surface area contributed by atoms with Crippen LogP contribution in [-0.4, -0.2) is 25.8 Å². The maximum absolute atomic E-state index is 10.4. The van der Waals surface area contributed by atoms with Gasteiger partial charge >= 0.3 is 5.97 Å². The highest BCUT2D eigenvalue weighted by Gasteiger charge is 2.26. The van der Waals surface area contributed by atoms with Crippen molar-refractivity contribution < 1.29 is 14.3 Å². The highest BCUT2D eigenvalue weighted by Crippen LogP contribution is 2.11. The Kier molecular flexibility index (Phi) is 1.48. The van der Waals surface area contributed by atoms with Crippen molar-refractivity contribution >= 4 is 5.97 Å². The summed E-state index contributed by atoms with van der Waals surface area (Å²) in [6.07, 6.45) is 0.548. The third kappa shape index (κ3) is 0.816. The summed E-state index contributed by atoms with van der Waals surface area (Å²) in [5.41, 5.74) is 0. The van der Waals surface area contributed by atoms with E-state index >= 15 is 0 Å². The molecule has 46 valence electrons. The van der Waals surface area contributed by atoms with Crippen LogP contribution in [0, 0.1) is 0 Å². The molecule has 0 saturated carbocycles. The number of ether oxygens (including phenoxy) is 2. The van der Waals surface area contributed by atoms with Gasteiger partial charge in [-0.3, -0.25) is 0 Å². The largest absolute Gasteiger partial charge is 0.467 e. The van der Waals surface area contributed by atoms with Gasteiger partial charge < -0.3 is 9.47 Å². The first-order valence-electron chi connectivity index (χ1n) is 2.54. The third-order valence-corrected chi connectivity index (χ3v) is 1.16. The molecule has 3 nitrogen and oxygen atoms in total. The van der Waals surface area contributed by atoms with E-state index in [9.17, 15) is 4.79 Å². The van der Waals surface area contributed by atoms with Crippen LogP contribution in [0.3, 0.4) is 0 Å². The van der Waals surface area contributed by atoms with Gasteiger partial charge in [-0.2, -0.15) is 0 Å². The van der Waals surface area contributed by atoms with Crippen molar-refractivity contribution in [3.8, 4) is 0 Å². The molecule has 0 bridgehead atoms. The van der Waals surface area contributed by atoms with Gasteiger partial charge in [0.15, 0.2) is 6.10 Å². The fourth-order valence-electron chi connectivity index (χ4n) is 0.553. The predicted molar refractivity (Wildman–Crippen MR) is 26.4 cm³/mol. The standard InChI is InChI=1S/C5H8O3/c1-7-5(6)4-2-3-8-4/h4H,2-3H2,1H3/t4-/m1/s1. The Hall–Kier alpha value is -0.570. The van der Waals surface area contributed by atoms with E-state index in [-0.39, 0.29) is 12.1 Å². The van der Waals surface area contributed by atoms with Gasteiger partial charge in [-0.05, 0) is 0 Å². The van der Waals surface area contributed by atoms with Gasteiger partial charge in [-0.15, -0.1) is 0 Å². The van der Waals surface area contributed by atoms with Crippen molar-refractivity contribution in [2.45, 2.75) is 12.5 Å². The van der Waals surface area contributed by atoms with E-state index in [4.69, 9.17) is 4.74 Å². The number of rotatable bonds is 1. The highest BCUT2D eigenvalue weighted by atomic mass is 16.6. The maximum atomic E-state index is 10.4. The van der Waals surface area contributed by atoms with Crippen LogP contribution in [-0.2, 0) is 14.3 Å². The van der Waals surface area contributed by atoms with Crippen molar-refractivity contribution in [1.82, 2.24) is 0 Å². The van der Waals surface area contributed by atoms with Gasteiger partial charge in [0, 0.05) is 6.42 Å². The molecule has 1 saturated heterocycles. The summed E-state index contributed by atoms with van der Waals surface area (Å²) in [6.45, 7) is 0.694. The first kappa shape index (κ1) is 5.56. The van der Waals surface area contributed by atoms with Crippen LogP contribution in [0.1, 0.15) is 6.42 Å². The van der Waals surface area contributed by atoms with Crippen molar-refractivity contribution in [1.29, 1.82) is 0 Å². The van der Waals surface area contributed by atoms with Crippen LogP contribution in [0.25, 0.3) is 0 Å². The molecule has 0 aromatic rings. The third-order valence-electron chi connectivity index (χ3n) is 1.16. The van der Waals surface area contributed by atoms with E-state index in [0.717, 1.165) is 6.42 Å². The molecule has 0 spiro atoms. The molecule has 8 heavy (non-hydrogen) atoms. The quantitative estimate of drug-likeness (QED) is 0.450. The van der Waals surface area contributed by atoms with Crippen LogP contribution < -0.4 is 0 Å². The molecule has 0 amide bonds. The number of hydrogen-bond donors (Lipinski definition) is 0. The zero-order valence-electron chi connectivity index (χ0n) is 4.72. The zero-order valence-corrected chi connectivity index (χ0v) is 4.72. The molecule has 1 rings (SSSR count). The summed E-state index contributed by atoms with van der Waals surface area (Å²) in [5, 5.41) is 0. The van der Waals surface area contributed by atoms with Crippen molar-refractivity contribution in [3.05, 3.63) is 0 Å². The Bertz CT molecular complexity index is 95.8. The van der Waals surface area contributed by atoms with Gasteiger partial charge in [-0.1, -0.05) is 0 Å². The van der Waals surface area contributed by atoms with Crippen molar-refractivity contribution in [3.63, 3.8) is 0 Å². The Morgan fingerprint density at radius 2 is 2.50 bits per heavy atom. The van der Waals surface area contributed by atoms with Crippen LogP contribution in [0.5, 0.6) is 0 Å². The fourth-order valence-corrected chi connectivity index (χ4v) is 0.553. The summed E-state index contributed by atoms with van der Waals surface area (Å²) in [7, 11) is 1.37. The zero-order chi connectivity index (χ0) is 5.98. The van der Waals surface area contributed by atoms with Gasteiger partial charge in [0.05, 0.1) is 13.7 Å². The minimum absolute atomic E-state index is 0.253. The smallest absolute Gasteiger partial charge is 0.335 e. The summed E-state index contributed by atoms with van der Waals surface area (Å²) in [4.78, 5) is 10.4. The molecule has 0 unspecified atom stereocenters. The number of hydrogen-bond acceptors (Lipinski definition) is 3. The number of methoxy groups -OCH3 is 1. The fraction of sp³-hybridized carbons (Fsp3) is 0.800. The minimum Gasteiger partial charge on any atom is -0.467 e. The molecule has 0 aliphatic carbocycles. The van der Waals surface area contributed by atoms with Gasteiger partial charge in [0.2, 0.25) is 0 Å². The molecule has 0 aromatic heterocycles. The highest BCUT2D eigenvalue weighted by molar-refractivity contribution is 5.75. The molecule has 1 heterocycles. The molecule has 1 aliphatic heterocycles. The first-order chi connectivity index (χ1) is 3.84. The normalized spacial score (nSPS) is 26.4. The first-order valence-corrected chi connectivity index (χ1v) is 2.54. The summed E-state index contributed by atoms with van der Waals surface area (Å²) in [6, 6.07) is 0. The van der Waals surface area contributed by atoms with Crippen molar-refractivity contribution in [2.75, 3.05) is 13.7 Å². The number of esters is 1. The Morgan fingerprint density at radius 3 is 2.62 bits per heavy atom. The van der Waals surface area contributed by atoms with Gasteiger partial charge in [-0.25, -0.2) is 4.79 Å².